The number of ether oxygens (including phenoxy) is 1. The first-order valence-corrected chi connectivity index (χ1v) is 8.61. The fourth-order valence-electron chi connectivity index (χ4n) is 3.10. The number of hydrogen-bond donors (Lipinski definition) is 3. The molecular weight excluding hydrogens is 366 g/mol. The lowest BCUT2D eigenvalue weighted by Gasteiger charge is -2.27. The molecule has 3 rings (SSSR count). The van der Waals surface area contributed by atoms with Gasteiger partial charge in [-0.15, -0.1) is 0 Å². The highest BCUT2D eigenvalue weighted by Crippen LogP contribution is 2.29. The van der Waals surface area contributed by atoms with Gasteiger partial charge in [-0.1, -0.05) is 18.2 Å². The molecule has 0 bridgehead atoms. The van der Waals surface area contributed by atoms with Crippen molar-refractivity contribution in [1.82, 2.24) is 5.32 Å². The fraction of sp³-hybridized carbons (Fsp3) is 0.263. The second kappa shape index (κ2) is 8.05. The average Bonchev–Trinajstić information content (AvgIpc) is 3.09. The zero-order valence-corrected chi connectivity index (χ0v) is 14.9. The predicted molar refractivity (Wildman–Crippen MR) is 101 cm³/mol. The Hall–Kier alpha value is -3.46. The molecule has 9 heteroatoms. The number of aliphatic carboxylic acids is 1. The SMILES string of the molecule is O=C(O)CC1(NC(=O)c2ccc(Nc3ccccc3)c([N+](=O)[O-])c2)CCOC1. The molecule has 1 atom stereocenters. The number of benzene rings is 2. The van der Waals surface area contributed by atoms with Crippen molar-refractivity contribution < 1.29 is 24.4 Å². The summed E-state index contributed by atoms with van der Waals surface area (Å²) in [5.74, 6) is -1.64. The largest absolute Gasteiger partial charge is 0.481 e. The van der Waals surface area contributed by atoms with Crippen LogP contribution in [0.2, 0.25) is 0 Å². The number of nitro benzene ring substituents is 1. The molecule has 1 aliphatic rings. The maximum Gasteiger partial charge on any atom is 0.305 e. The molecule has 1 aliphatic heterocycles. The van der Waals surface area contributed by atoms with Gasteiger partial charge in [0.2, 0.25) is 0 Å². The molecule has 1 heterocycles. The van der Waals surface area contributed by atoms with Crippen LogP contribution < -0.4 is 10.6 Å². The van der Waals surface area contributed by atoms with Crippen molar-refractivity contribution in [3.8, 4) is 0 Å². The van der Waals surface area contributed by atoms with Crippen LogP contribution in [0.15, 0.2) is 48.5 Å². The van der Waals surface area contributed by atoms with E-state index < -0.39 is 22.3 Å². The monoisotopic (exact) mass is 385 g/mol. The van der Waals surface area contributed by atoms with Gasteiger partial charge in [-0.25, -0.2) is 0 Å². The van der Waals surface area contributed by atoms with Crippen LogP contribution in [-0.4, -0.2) is 40.7 Å². The van der Waals surface area contributed by atoms with Crippen LogP contribution in [0.4, 0.5) is 17.1 Å². The molecule has 0 aliphatic carbocycles. The first-order chi connectivity index (χ1) is 13.4. The highest BCUT2D eigenvalue weighted by atomic mass is 16.6. The summed E-state index contributed by atoms with van der Waals surface area (Å²) in [6.45, 7) is 0.425. The fourth-order valence-corrected chi connectivity index (χ4v) is 3.10. The summed E-state index contributed by atoms with van der Waals surface area (Å²) >= 11 is 0. The minimum absolute atomic E-state index is 0.0713. The lowest BCUT2D eigenvalue weighted by molar-refractivity contribution is -0.383. The Kier molecular flexibility index (Phi) is 5.55. The van der Waals surface area contributed by atoms with Gasteiger partial charge in [0.15, 0.2) is 0 Å². The van der Waals surface area contributed by atoms with Crippen LogP contribution in [0.25, 0.3) is 0 Å². The van der Waals surface area contributed by atoms with Crippen molar-refractivity contribution >= 4 is 28.9 Å². The van der Waals surface area contributed by atoms with Crippen LogP contribution >= 0.6 is 0 Å². The third-order valence-corrected chi connectivity index (χ3v) is 4.48. The summed E-state index contributed by atoms with van der Waals surface area (Å²) in [5.41, 5.74) is -0.282. The Balaban J connectivity index is 1.83. The molecule has 146 valence electrons. The van der Waals surface area contributed by atoms with E-state index in [4.69, 9.17) is 9.84 Å². The van der Waals surface area contributed by atoms with Crippen LogP contribution in [0.3, 0.4) is 0 Å². The first kappa shape index (κ1) is 19.3. The van der Waals surface area contributed by atoms with Crippen molar-refractivity contribution in [3.63, 3.8) is 0 Å². The number of carbonyl (C=O) groups excluding carboxylic acids is 1. The van der Waals surface area contributed by atoms with Gasteiger partial charge in [0.05, 0.1) is 23.5 Å². The normalized spacial score (nSPS) is 18.4. The number of carbonyl (C=O) groups is 2. The number of anilines is 2. The molecule has 0 aromatic heterocycles. The Morgan fingerprint density at radius 1 is 1.21 bits per heavy atom. The molecule has 0 radical (unpaired) electrons. The quantitative estimate of drug-likeness (QED) is 0.493. The van der Waals surface area contributed by atoms with E-state index in [1.165, 1.54) is 18.2 Å². The molecule has 1 unspecified atom stereocenters. The number of nitrogens with zero attached hydrogens (tertiary/aromatic N) is 1. The number of nitrogens with one attached hydrogen (secondary N) is 2. The Morgan fingerprint density at radius 3 is 2.57 bits per heavy atom. The van der Waals surface area contributed by atoms with Gasteiger partial charge >= 0.3 is 5.97 Å². The summed E-state index contributed by atoms with van der Waals surface area (Å²) in [5, 5.41) is 26.2. The number of nitro groups is 1. The average molecular weight is 385 g/mol. The van der Waals surface area contributed by atoms with E-state index >= 15 is 0 Å². The minimum atomic E-state index is -1.06. The Morgan fingerprint density at radius 2 is 1.96 bits per heavy atom. The summed E-state index contributed by atoms with van der Waals surface area (Å²) in [4.78, 5) is 34.7. The first-order valence-electron chi connectivity index (χ1n) is 8.61. The zero-order chi connectivity index (χ0) is 20.1. The summed E-state index contributed by atoms with van der Waals surface area (Å²) < 4.78 is 5.25. The van der Waals surface area contributed by atoms with Gasteiger partial charge in [-0.2, -0.15) is 0 Å². The highest BCUT2D eigenvalue weighted by Gasteiger charge is 2.39. The lowest BCUT2D eigenvalue weighted by Crippen LogP contribution is -2.50. The number of carboxylic acids is 1. The van der Waals surface area contributed by atoms with Crippen molar-refractivity contribution in [2.75, 3.05) is 18.5 Å². The maximum absolute atomic E-state index is 12.6. The number of hydrogen-bond acceptors (Lipinski definition) is 6. The van der Waals surface area contributed by atoms with E-state index in [1.54, 1.807) is 24.3 Å². The number of carboxylic acid groups (broad SMARTS) is 1. The predicted octanol–water partition coefficient (Wildman–Crippen LogP) is 2.70. The molecular formula is C19H19N3O6. The van der Waals surface area contributed by atoms with Gasteiger partial charge < -0.3 is 20.5 Å². The van der Waals surface area contributed by atoms with Gasteiger partial charge in [-0.3, -0.25) is 19.7 Å². The Bertz CT molecular complexity index is 894. The zero-order valence-electron chi connectivity index (χ0n) is 14.9. The van der Waals surface area contributed by atoms with E-state index in [1.807, 2.05) is 6.07 Å². The molecule has 0 saturated carbocycles. The summed E-state index contributed by atoms with van der Waals surface area (Å²) in [6, 6.07) is 13.0. The molecule has 1 fully saturated rings. The van der Waals surface area contributed by atoms with E-state index in [9.17, 15) is 19.7 Å². The molecule has 2 aromatic rings. The molecule has 2 aromatic carbocycles. The second-order valence-electron chi connectivity index (χ2n) is 6.59. The van der Waals surface area contributed by atoms with Gasteiger partial charge in [-0.05, 0) is 30.7 Å². The standard InChI is InChI=1S/C19H19N3O6/c23-17(24)11-19(8-9-28-12-19)21-18(25)13-6-7-15(16(10-13)22(26)27)20-14-4-2-1-3-5-14/h1-7,10,20H,8-9,11-12H2,(H,21,25)(H,23,24). The Labute approximate surface area is 160 Å². The molecule has 9 nitrogen and oxygen atoms in total. The van der Waals surface area contributed by atoms with Crippen LogP contribution in [0.5, 0.6) is 0 Å². The van der Waals surface area contributed by atoms with Crippen LogP contribution in [0.1, 0.15) is 23.2 Å². The van der Waals surface area contributed by atoms with Crippen LogP contribution in [-0.2, 0) is 9.53 Å². The smallest absolute Gasteiger partial charge is 0.305 e. The molecule has 1 saturated heterocycles. The van der Waals surface area contributed by atoms with E-state index in [2.05, 4.69) is 10.6 Å². The molecule has 3 N–H and O–H groups in total. The summed E-state index contributed by atoms with van der Waals surface area (Å²) in [7, 11) is 0. The third-order valence-electron chi connectivity index (χ3n) is 4.48. The van der Waals surface area contributed by atoms with Gasteiger partial charge in [0.1, 0.15) is 5.69 Å². The maximum atomic E-state index is 12.6. The van der Waals surface area contributed by atoms with Crippen LogP contribution in [0, 0.1) is 10.1 Å². The van der Waals surface area contributed by atoms with Gasteiger partial charge in [0.25, 0.3) is 11.6 Å². The van der Waals surface area contributed by atoms with Crippen molar-refractivity contribution in [1.29, 1.82) is 0 Å². The van der Waals surface area contributed by atoms with Crippen molar-refractivity contribution in [2.24, 2.45) is 0 Å². The lowest BCUT2D eigenvalue weighted by atomic mass is 9.93. The third kappa shape index (κ3) is 4.44. The number of para-hydroxylation sites is 1. The van der Waals surface area contributed by atoms with Crippen molar-refractivity contribution in [3.05, 3.63) is 64.2 Å². The number of amides is 1. The summed E-state index contributed by atoms with van der Waals surface area (Å²) in [6.07, 6.45) is 0.0786. The molecule has 0 spiro atoms. The van der Waals surface area contributed by atoms with E-state index in [-0.39, 0.29) is 30.0 Å². The minimum Gasteiger partial charge on any atom is -0.481 e. The van der Waals surface area contributed by atoms with E-state index in [0.29, 0.717) is 18.7 Å². The van der Waals surface area contributed by atoms with E-state index in [0.717, 1.165) is 0 Å². The highest BCUT2D eigenvalue weighted by molar-refractivity contribution is 5.96. The molecule has 1 amide bonds. The molecule has 28 heavy (non-hydrogen) atoms. The van der Waals surface area contributed by atoms with Crippen molar-refractivity contribution in [2.45, 2.75) is 18.4 Å². The topological polar surface area (TPSA) is 131 Å². The number of rotatable bonds is 7. The van der Waals surface area contributed by atoms with Gasteiger partial charge in [0, 0.05) is 23.9 Å². The second-order valence-corrected chi connectivity index (χ2v) is 6.59.